The van der Waals surface area contributed by atoms with Crippen LogP contribution in [0.25, 0.3) is 55.0 Å². The number of anilines is 1. The van der Waals surface area contributed by atoms with Gasteiger partial charge in [0.05, 0.1) is 35.0 Å². The Morgan fingerprint density at radius 3 is 2.67 bits per heavy atom. The number of nitrogens with zero attached hydrogens (tertiary/aromatic N) is 5. The maximum absolute atomic E-state index is 4.63. The van der Waals surface area contributed by atoms with Crippen LogP contribution in [0.5, 0.6) is 0 Å². The molecule has 0 saturated heterocycles. The van der Waals surface area contributed by atoms with Gasteiger partial charge >= 0.3 is 0 Å². The molecule has 0 spiro atoms. The van der Waals surface area contributed by atoms with E-state index in [0.717, 1.165) is 50.3 Å². The number of aromatic nitrogens is 6. The molecule has 0 fully saturated rings. The van der Waals surface area contributed by atoms with Crippen molar-refractivity contribution < 1.29 is 0 Å². The third-order valence-corrected chi connectivity index (χ3v) is 6.81. The van der Waals surface area contributed by atoms with Gasteiger partial charge in [-0.15, -0.1) is 11.3 Å². The van der Waals surface area contributed by atoms with Crippen LogP contribution in [0.4, 0.5) is 5.69 Å². The highest BCUT2D eigenvalue weighted by Crippen LogP contribution is 2.36. The van der Waals surface area contributed by atoms with Gasteiger partial charge in [0.25, 0.3) is 0 Å². The first kappa shape index (κ1) is 19.6. The number of H-pyrrole nitrogens is 2. The van der Waals surface area contributed by atoms with Crippen molar-refractivity contribution in [3.05, 3.63) is 66.1 Å². The van der Waals surface area contributed by atoms with Crippen LogP contribution in [0.3, 0.4) is 0 Å². The van der Waals surface area contributed by atoms with Crippen LogP contribution in [0, 0.1) is 6.92 Å². The van der Waals surface area contributed by atoms with E-state index in [2.05, 4.69) is 73.5 Å². The van der Waals surface area contributed by atoms with Crippen LogP contribution < -0.4 is 4.90 Å². The van der Waals surface area contributed by atoms with Crippen molar-refractivity contribution in [1.29, 1.82) is 0 Å². The Morgan fingerprint density at radius 1 is 0.939 bits per heavy atom. The van der Waals surface area contributed by atoms with E-state index in [1.54, 1.807) is 11.3 Å². The molecule has 2 N–H and O–H groups in total. The lowest BCUT2D eigenvalue weighted by Crippen LogP contribution is -2.08. The van der Waals surface area contributed by atoms with E-state index in [1.807, 2.05) is 43.8 Å². The molecule has 0 radical (unpaired) electrons. The fraction of sp³-hybridized carbons (Fsp3) is 0.120. The largest absolute Gasteiger partial charge is 0.376 e. The minimum absolute atomic E-state index is 0.844. The Hall–Kier alpha value is -4.04. The molecule has 6 rings (SSSR count). The van der Waals surface area contributed by atoms with Crippen molar-refractivity contribution in [3.8, 4) is 33.1 Å². The summed E-state index contributed by atoms with van der Waals surface area (Å²) in [4.78, 5) is 21.6. The van der Waals surface area contributed by atoms with E-state index in [9.17, 15) is 0 Å². The summed E-state index contributed by atoms with van der Waals surface area (Å²) in [6.07, 6.45) is 7.35. The van der Waals surface area contributed by atoms with Gasteiger partial charge in [0, 0.05) is 58.1 Å². The summed E-state index contributed by atoms with van der Waals surface area (Å²) in [6.45, 7) is 2.13. The van der Waals surface area contributed by atoms with E-state index >= 15 is 0 Å². The Bertz CT molecular complexity index is 1620. The van der Waals surface area contributed by atoms with Crippen LogP contribution in [-0.4, -0.2) is 44.2 Å². The van der Waals surface area contributed by atoms with Crippen molar-refractivity contribution in [1.82, 2.24) is 30.1 Å². The minimum Gasteiger partial charge on any atom is -0.376 e. The molecule has 6 aromatic heterocycles. The zero-order valence-electron chi connectivity index (χ0n) is 18.4. The summed E-state index contributed by atoms with van der Waals surface area (Å²) in [5, 5.41) is 9.80. The first-order valence-corrected chi connectivity index (χ1v) is 11.4. The van der Waals surface area contributed by atoms with E-state index < -0.39 is 0 Å². The molecule has 0 bridgehead atoms. The second kappa shape index (κ2) is 7.53. The van der Waals surface area contributed by atoms with E-state index in [0.29, 0.717) is 0 Å². The zero-order chi connectivity index (χ0) is 22.5. The predicted octanol–water partition coefficient (Wildman–Crippen LogP) is 5.67. The second-order valence-corrected chi connectivity index (χ2v) is 9.52. The number of nitrogens with one attached hydrogen (secondary N) is 2. The molecule has 7 nitrogen and oxygen atoms in total. The van der Waals surface area contributed by atoms with Gasteiger partial charge in [-0.05, 0) is 43.3 Å². The van der Waals surface area contributed by atoms with Gasteiger partial charge in [0.2, 0.25) is 0 Å². The summed E-state index contributed by atoms with van der Waals surface area (Å²) in [5.74, 6) is 0. The summed E-state index contributed by atoms with van der Waals surface area (Å²) < 4.78 is 0. The Morgan fingerprint density at radius 2 is 1.85 bits per heavy atom. The van der Waals surface area contributed by atoms with Gasteiger partial charge in [0.1, 0.15) is 11.3 Å². The number of thiophene rings is 1. The van der Waals surface area contributed by atoms with Gasteiger partial charge < -0.3 is 9.88 Å². The van der Waals surface area contributed by atoms with Crippen molar-refractivity contribution >= 4 is 39.0 Å². The number of rotatable bonds is 4. The maximum Gasteiger partial charge on any atom is 0.138 e. The number of pyridine rings is 3. The van der Waals surface area contributed by atoms with E-state index in [4.69, 9.17) is 0 Å². The quantitative estimate of drug-likeness (QED) is 0.361. The van der Waals surface area contributed by atoms with Crippen molar-refractivity contribution in [2.24, 2.45) is 0 Å². The highest BCUT2D eigenvalue weighted by atomic mass is 32.1. The highest BCUT2D eigenvalue weighted by molar-refractivity contribution is 7.15. The third-order valence-electron chi connectivity index (χ3n) is 5.78. The molecule has 6 heterocycles. The lowest BCUT2D eigenvalue weighted by molar-refractivity contribution is 1.11. The maximum atomic E-state index is 4.63. The molecule has 0 unspecified atom stereocenters. The second-order valence-electron chi connectivity index (χ2n) is 8.23. The van der Waals surface area contributed by atoms with Crippen LogP contribution in [-0.2, 0) is 0 Å². The molecular formula is C25H21N7S. The molecule has 6 aromatic rings. The molecule has 0 aliphatic rings. The van der Waals surface area contributed by atoms with Crippen molar-refractivity contribution in [3.63, 3.8) is 0 Å². The zero-order valence-corrected chi connectivity index (χ0v) is 19.2. The average Bonchev–Trinajstić information content (AvgIpc) is 3.55. The van der Waals surface area contributed by atoms with Gasteiger partial charge in [-0.3, -0.25) is 15.1 Å². The van der Waals surface area contributed by atoms with Crippen LogP contribution >= 0.6 is 11.3 Å². The molecular weight excluding hydrogens is 430 g/mol. The topological polar surface area (TPSA) is 86.4 Å². The summed E-state index contributed by atoms with van der Waals surface area (Å²) >= 11 is 1.79. The number of hydrogen-bond acceptors (Lipinski definition) is 6. The molecule has 0 saturated carbocycles. The fourth-order valence-corrected chi connectivity index (χ4v) is 4.95. The normalized spacial score (nSPS) is 11.5. The van der Waals surface area contributed by atoms with Gasteiger partial charge in [-0.2, -0.15) is 5.10 Å². The molecule has 0 aliphatic carbocycles. The molecule has 33 heavy (non-hydrogen) atoms. The summed E-state index contributed by atoms with van der Waals surface area (Å²) in [6, 6.07) is 12.7. The lowest BCUT2D eigenvalue weighted by Gasteiger charge is -2.12. The molecule has 162 valence electrons. The smallest absolute Gasteiger partial charge is 0.138 e. The van der Waals surface area contributed by atoms with Crippen LogP contribution in [0.15, 0.2) is 61.2 Å². The molecule has 0 aromatic carbocycles. The minimum atomic E-state index is 0.844. The Kier molecular flexibility index (Phi) is 4.48. The number of aromatic amines is 2. The molecule has 0 atom stereocenters. The molecule has 0 aliphatic heterocycles. The lowest BCUT2D eigenvalue weighted by atomic mass is 10.1. The molecule has 0 amide bonds. The first-order valence-electron chi connectivity index (χ1n) is 10.6. The Labute approximate surface area is 194 Å². The monoisotopic (exact) mass is 451 g/mol. The van der Waals surface area contributed by atoms with Crippen molar-refractivity contribution in [2.75, 3.05) is 19.0 Å². The fourth-order valence-electron chi connectivity index (χ4n) is 4.04. The van der Waals surface area contributed by atoms with E-state index in [1.165, 1.54) is 15.3 Å². The predicted molar refractivity (Wildman–Crippen MR) is 135 cm³/mol. The molecule has 8 heteroatoms. The van der Waals surface area contributed by atoms with Crippen LogP contribution in [0.1, 0.15) is 4.88 Å². The first-order chi connectivity index (χ1) is 16.1. The summed E-state index contributed by atoms with van der Waals surface area (Å²) in [7, 11) is 4.00. The van der Waals surface area contributed by atoms with Crippen LogP contribution in [0.2, 0.25) is 0 Å². The van der Waals surface area contributed by atoms with E-state index in [-0.39, 0.29) is 0 Å². The van der Waals surface area contributed by atoms with Crippen molar-refractivity contribution in [2.45, 2.75) is 6.92 Å². The highest BCUT2D eigenvalue weighted by Gasteiger charge is 2.16. The number of fused-ring (bicyclic) bond motifs is 2. The summed E-state index contributed by atoms with van der Waals surface area (Å²) in [5.41, 5.74) is 7.51. The van der Waals surface area contributed by atoms with Gasteiger partial charge in [-0.25, -0.2) is 4.98 Å². The van der Waals surface area contributed by atoms with Gasteiger partial charge in [-0.1, -0.05) is 0 Å². The SMILES string of the molecule is Cc1ccc(-c2ccnc3[nH]c(-c4n[nH]c5cnc(-c6cncc(N(C)C)c6)cc45)cc23)s1. The standard InChI is InChI=1S/C25H21N7S/c1-14-4-5-23(33-14)17-6-7-27-25-18(17)9-21(29-25)24-19-10-20(28-13-22(19)30-31-24)15-8-16(32(2)3)12-26-11-15/h4-13H,1-3H3,(H,27,29)(H,30,31). The van der Waals surface area contributed by atoms with Gasteiger partial charge in [0.15, 0.2) is 0 Å². The average molecular weight is 452 g/mol. The number of aryl methyl sites for hydroxylation is 1. The third kappa shape index (κ3) is 3.35. The Balaban J connectivity index is 1.48. The number of hydrogen-bond donors (Lipinski definition) is 2.